The van der Waals surface area contributed by atoms with Gasteiger partial charge in [-0.05, 0) is 25.1 Å². The number of nitrogens with zero attached hydrogens (tertiary/aromatic N) is 2. The Morgan fingerprint density at radius 1 is 1.28 bits per heavy atom. The summed E-state index contributed by atoms with van der Waals surface area (Å²) in [5.41, 5.74) is 2.35. The summed E-state index contributed by atoms with van der Waals surface area (Å²) in [7, 11) is 2.04. The molecule has 0 aliphatic heterocycles. The Labute approximate surface area is 109 Å². The van der Waals surface area contributed by atoms with E-state index in [-0.39, 0.29) is 0 Å². The fraction of sp³-hybridized carbons (Fsp3) is 0.533. The summed E-state index contributed by atoms with van der Waals surface area (Å²) in [6.45, 7) is 7.66. The summed E-state index contributed by atoms with van der Waals surface area (Å²) >= 11 is 0. The second-order valence-corrected chi connectivity index (χ2v) is 5.12. The first-order chi connectivity index (χ1) is 8.67. The second kappa shape index (κ2) is 5.53. The number of nitrogens with one attached hydrogen (secondary N) is 1. The van der Waals surface area contributed by atoms with E-state index in [9.17, 15) is 0 Å². The van der Waals surface area contributed by atoms with Gasteiger partial charge in [0.25, 0.3) is 0 Å². The van der Waals surface area contributed by atoms with E-state index < -0.39 is 0 Å². The van der Waals surface area contributed by atoms with Crippen molar-refractivity contribution in [1.29, 1.82) is 0 Å². The Morgan fingerprint density at radius 2 is 2.00 bits per heavy atom. The highest BCUT2D eigenvalue weighted by Gasteiger charge is 2.15. The van der Waals surface area contributed by atoms with E-state index in [0.29, 0.717) is 12.0 Å². The van der Waals surface area contributed by atoms with Crippen molar-refractivity contribution in [3.63, 3.8) is 0 Å². The first-order valence-electron chi connectivity index (χ1n) is 6.78. The summed E-state index contributed by atoms with van der Waals surface area (Å²) < 4.78 is 2.36. The van der Waals surface area contributed by atoms with Crippen LogP contribution in [0.25, 0.3) is 11.0 Å². The van der Waals surface area contributed by atoms with Crippen LogP contribution in [0.5, 0.6) is 0 Å². The molecule has 98 valence electrons. The van der Waals surface area contributed by atoms with Crippen molar-refractivity contribution in [3.8, 4) is 0 Å². The minimum atomic E-state index is 0.480. The Morgan fingerprint density at radius 3 is 2.61 bits per heavy atom. The molecule has 1 N–H and O–H groups in total. The van der Waals surface area contributed by atoms with Gasteiger partial charge >= 0.3 is 0 Å². The molecule has 0 saturated heterocycles. The van der Waals surface area contributed by atoms with Crippen LogP contribution in [-0.4, -0.2) is 22.6 Å². The quantitative estimate of drug-likeness (QED) is 0.878. The molecule has 1 aromatic carbocycles. The van der Waals surface area contributed by atoms with E-state index in [1.807, 2.05) is 7.05 Å². The molecular weight excluding hydrogens is 222 g/mol. The van der Waals surface area contributed by atoms with Crippen LogP contribution >= 0.6 is 0 Å². The average Bonchev–Trinajstić information content (AvgIpc) is 2.73. The number of para-hydroxylation sites is 2. The van der Waals surface area contributed by atoms with Crippen molar-refractivity contribution in [2.45, 2.75) is 39.8 Å². The normalized spacial score (nSPS) is 13.4. The summed E-state index contributed by atoms with van der Waals surface area (Å²) in [6.07, 6.45) is 0.975. The molecule has 1 heterocycles. The average molecular weight is 245 g/mol. The zero-order chi connectivity index (χ0) is 13.1. The molecule has 0 bridgehead atoms. The number of rotatable bonds is 5. The lowest BCUT2D eigenvalue weighted by atomic mass is 10.0. The monoisotopic (exact) mass is 245 g/mol. The van der Waals surface area contributed by atoms with E-state index in [1.165, 1.54) is 11.3 Å². The van der Waals surface area contributed by atoms with Crippen molar-refractivity contribution >= 4 is 11.0 Å². The number of fused-ring (bicyclic) bond motifs is 1. The summed E-state index contributed by atoms with van der Waals surface area (Å²) in [5, 5.41) is 3.41. The molecule has 0 amide bonds. The molecule has 0 radical (unpaired) electrons. The first kappa shape index (κ1) is 13.1. The van der Waals surface area contributed by atoms with Crippen LogP contribution in [-0.2, 0) is 13.0 Å². The molecule has 0 saturated carbocycles. The molecule has 18 heavy (non-hydrogen) atoms. The molecule has 0 fully saturated rings. The summed E-state index contributed by atoms with van der Waals surface area (Å²) in [5.74, 6) is 1.79. The Bertz CT molecular complexity index is 513. The van der Waals surface area contributed by atoms with Crippen molar-refractivity contribution in [2.24, 2.45) is 5.92 Å². The topological polar surface area (TPSA) is 29.9 Å². The molecule has 0 spiro atoms. The number of aryl methyl sites for hydroxylation is 1. The van der Waals surface area contributed by atoms with Gasteiger partial charge in [0.05, 0.1) is 11.0 Å². The van der Waals surface area contributed by atoms with Gasteiger partial charge in [0.1, 0.15) is 5.82 Å². The Hall–Kier alpha value is -1.35. The van der Waals surface area contributed by atoms with Gasteiger partial charge in [0.15, 0.2) is 0 Å². The molecule has 2 rings (SSSR count). The number of benzene rings is 1. The molecular formula is C15H23N3. The predicted octanol–water partition coefficient (Wildman–Crippen LogP) is 2.84. The molecule has 1 unspecified atom stereocenters. The highest BCUT2D eigenvalue weighted by Crippen LogP contribution is 2.18. The molecule has 0 aliphatic carbocycles. The van der Waals surface area contributed by atoms with Crippen molar-refractivity contribution < 1.29 is 0 Å². The summed E-state index contributed by atoms with van der Waals surface area (Å²) in [4.78, 5) is 4.71. The maximum atomic E-state index is 4.71. The van der Waals surface area contributed by atoms with Crippen molar-refractivity contribution in [1.82, 2.24) is 14.9 Å². The first-order valence-corrected chi connectivity index (χ1v) is 6.78. The van der Waals surface area contributed by atoms with E-state index in [0.717, 1.165) is 18.5 Å². The van der Waals surface area contributed by atoms with Crippen LogP contribution in [0.2, 0.25) is 0 Å². The Balaban J connectivity index is 2.41. The van der Waals surface area contributed by atoms with E-state index in [1.54, 1.807) is 0 Å². The minimum absolute atomic E-state index is 0.480. The number of likely N-dealkylation sites (N-methyl/N-ethyl adjacent to an activating group) is 1. The largest absolute Gasteiger partial charge is 0.326 e. The van der Waals surface area contributed by atoms with Gasteiger partial charge in [0.2, 0.25) is 0 Å². The zero-order valence-corrected chi connectivity index (χ0v) is 11.8. The number of imidazole rings is 1. The number of hydrogen-bond donors (Lipinski definition) is 1. The minimum Gasteiger partial charge on any atom is -0.326 e. The fourth-order valence-electron chi connectivity index (χ4n) is 2.43. The highest BCUT2D eigenvalue weighted by molar-refractivity contribution is 5.75. The van der Waals surface area contributed by atoms with E-state index in [2.05, 4.69) is 54.9 Å². The SMILES string of the molecule is CCc1nc2ccccc2n1CC(NC)C(C)C. The predicted molar refractivity (Wildman–Crippen MR) is 76.8 cm³/mol. The molecule has 3 heteroatoms. The van der Waals surface area contributed by atoms with Gasteiger partial charge < -0.3 is 9.88 Å². The van der Waals surface area contributed by atoms with Crippen LogP contribution in [0.4, 0.5) is 0 Å². The lowest BCUT2D eigenvalue weighted by Crippen LogP contribution is -2.35. The highest BCUT2D eigenvalue weighted by atomic mass is 15.1. The van der Waals surface area contributed by atoms with Gasteiger partial charge in [-0.2, -0.15) is 0 Å². The Kier molecular flexibility index (Phi) is 4.02. The van der Waals surface area contributed by atoms with E-state index >= 15 is 0 Å². The maximum Gasteiger partial charge on any atom is 0.109 e. The molecule has 2 aromatic rings. The van der Waals surface area contributed by atoms with Gasteiger partial charge in [-0.25, -0.2) is 4.98 Å². The molecule has 0 aliphatic rings. The van der Waals surface area contributed by atoms with Gasteiger partial charge in [-0.15, -0.1) is 0 Å². The van der Waals surface area contributed by atoms with Gasteiger partial charge in [-0.3, -0.25) is 0 Å². The standard InChI is InChI=1S/C15H23N3/c1-5-15-17-12-8-6-7-9-14(12)18(15)10-13(16-4)11(2)3/h6-9,11,13,16H,5,10H2,1-4H3. The lowest BCUT2D eigenvalue weighted by Gasteiger charge is -2.22. The smallest absolute Gasteiger partial charge is 0.109 e. The van der Waals surface area contributed by atoms with Crippen LogP contribution in [0.3, 0.4) is 0 Å². The van der Waals surface area contributed by atoms with Crippen LogP contribution in [0, 0.1) is 5.92 Å². The van der Waals surface area contributed by atoms with Crippen molar-refractivity contribution in [2.75, 3.05) is 7.05 Å². The third-order valence-electron chi connectivity index (χ3n) is 3.60. The third kappa shape index (κ3) is 2.41. The maximum absolute atomic E-state index is 4.71. The fourth-order valence-corrected chi connectivity index (χ4v) is 2.43. The molecule has 1 atom stereocenters. The third-order valence-corrected chi connectivity index (χ3v) is 3.60. The van der Waals surface area contributed by atoms with Crippen molar-refractivity contribution in [3.05, 3.63) is 30.1 Å². The lowest BCUT2D eigenvalue weighted by molar-refractivity contribution is 0.377. The van der Waals surface area contributed by atoms with Gasteiger partial charge in [-0.1, -0.05) is 32.9 Å². The summed E-state index contributed by atoms with van der Waals surface area (Å²) in [6, 6.07) is 8.87. The van der Waals surface area contributed by atoms with E-state index in [4.69, 9.17) is 4.98 Å². The van der Waals surface area contributed by atoms with Crippen LogP contribution in [0.1, 0.15) is 26.6 Å². The second-order valence-electron chi connectivity index (χ2n) is 5.12. The van der Waals surface area contributed by atoms with Crippen LogP contribution < -0.4 is 5.32 Å². The number of hydrogen-bond acceptors (Lipinski definition) is 2. The number of aromatic nitrogens is 2. The molecule has 1 aromatic heterocycles. The zero-order valence-electron chi connectivity index (χ0n) is 11.8. The molecule has 3 nitrogen and oxygen atoms in total. The van der Waals surface area contributed by atoms with Crippen LogP contribution in [0.15, 0.2) is 24.3 Å². The van der Waals surface area contributed by atoms with Gasteiger partial charge in [0, 0.05) is 19.0 Å².